The van der Waals surface area contributed by atoms with Crippen LogP contribution in [0, 0.1) is 0 Å². The van der Waals surface area contributed by atoms with Gasteiger partial charge in [-0.25, -0.2) is 9.97 Å². The van der Waals surface area contributed by atoms with Crippen molar-refractivity contribution in [1.29, 1.82) is 0 Å². The number of piperidine rings is 1. The molecule has 2 heterocycles. The molecule has 1 saturated heterocycles. The van der Waals surface area contributed by atoms with Crippen molar-refractivity contribution in [3.8, 4) is 0 Å². The van der Waals surface area contributed by atoms with Crippen molar-refractivity contribution in [3.63, 3.8) is 0 Å². The smallest absolute Gasteiger partial charge is 0.224 e. The summed E-state index contributed by atoms with van der Waals surface area (Å²) in [6.07, 6.45) is 3.92. The van der Waals surface area contributed by atoms with Crippen molar-refractivity contribution < 1.29 is 0 Å². The van der Waals surface area contributed by atoms with E-state index in [2.05, 4.69) is 50.5 Å². The number of likely N-dealkylation sites (tertiary alicyclic amines) is 1. The highest BCUT2D eigenvalue weighted by Gasteiger charge is 2.19. The number of rotatable bonds is 4. The Hall–Kier alpha value is -1.65. The molecule has 0 spiro atoms. The lowest BCUT2D eigenvalue weighted by molar-refractivity contribution is 0.211. The van der Waals surface area contributed by atoms with Gasteiger partial charge in [0.1, 0.15) is 5.82 Å². The minimum atomic E-state index is 0.293. The SMILES string of the molecule is Clc1nccc(NC2CCN(Cc3ccccc3)CC2)n1. The molecule has 4 nitrogen and oxygen atoms in total. The molecule has 1 aliphatic rings. The zero-order valence-electron chi connectivity index (χ0n) is 11.9. The highest BCUT2D eigenvalue weighted by Crippen LogP contribution is 2.17. The first-order valence-corrected chi connectivity index (χ1v) is 7.69. The molecule has 0 atom stereocenters. The Morgan fingerprint density at radius 2 is 1.90 bits per heavy atom. The first-order chi connectivity index (χ1) is 10.3. The third-order valence-electron chi connectivity index (χ3n) is 3.81. The molecule has 21 heavy (non-hydrogen) atoms. The van der Waals surface area contributed by atoms with Crippen LogP contribution >= 0.6 is 11.6 Å². The Labute approximate surface area is 130 Å². The topological polar surface area (TPSA) is 41.1 Å². The summed E-state index contributed by atoms with van der Waals surface area (Å²) >= 11 is 5.81. The van der Waals surface area contributed by atoms with E-state index in [1.807, 2.05) is 6.07 Å². The summed E-state index contributed by atoms with van der Waals surface area (Å²) in [5.74, 6) is 0.816. The minimum absolute atomic E-state index is 0.293. The second kappa shape index (κ2) is 6.87. The van der Waals surface area contributed by atoms with Crippen molar-refractivity contribution in [1.82, 2.24) is 14.9 Å². The Bertz CT molecular complexity index is 567. The van der Waals surface area contributed by atoms with E-state index < -0.39 is 0 Å². The van der Waals surface area contributed by atoms with Crippen molar-refractivity contribution in [2.45, 2.75) is 25.4 Å². The lowest BCUT2D eigenvalue weighted by Crippen LogP contribution is -2.38. The zero-order valence-corrected chi connectivity index (χ0v) is 12.6. The zero-order chi connectivity index (χ0) is 14.5. The van der Waals surface area contributed by atoms with Crippen LogP contribution < -0.4 is 5.32 Å². The fraction of sp³-hybridized carbons (Fsp3) is 0.375. The molecule has 1 aliphatic heterocycles. The predicted octanol–water partition coefficient (Wildman–Crippen LogP) is 3.21. The lowest BCUT2D eigenvalue weighted by atomic mass is 10.0. The number of halogens is 1. The van der Waals surface area contributed by atoms with Gasteiger partial charge in [-0.05, 0) is 36.1 Å². The number of hydrogen-bond acceptors (Lipinski definition) is 4. The molecule has 0 saturated carbocycles. The van der Waals surface area contributed by atoms with E-state index in [0.717, 1.165) is 38.3 Å². The largest absolute Gasteiger partial charge is 0.367 e. The first kappa shape index (κ1) is 14.3. The van der Waals surface area contributed by atoms with Crippen LogP contribution in [0.4, 0.5) is 5.82 Å². The molecule has 1 N–H and O–H groups in total. The molecular weight excluding hydrogens is 284 g/mol. The second-order valence-electron chi connectivity index (χ2n) is 5.39. The number of nitrogens with zero attached hydrogens (tertiary/aromatic N) is 3. The summed E-state index contributed by atoms with van der Waals surface area (Å²) in [6.45, 7) is 3.24. The van der Waals surface area contributed by atoms with Gasteiger partial charge in [0, 0.05) is 31.9 Å². The highest BCUT2D eigenvalue weighted by molar-refractivity contribution is 6.28. The number of aromatic nitrogens is 2. The second-order valence-corrected chi connectivity index (χ2v) is 5.73. The monoisotopic (exact) mass is 302 g/mol. The highest BCUT2D eigenvalue weighted by atomic mass is 35.5. The van der Waals surface area contributed by atoms with Crippen LogP contribution in [-0.4, -0.2) is 34.0 Å². The van der Waals surface area contributed by atoms with Crippen molar-refractivity contribution >= 4 is 17.4 Å². The van der Waals surface area contributed by atoms with Gasteiger partial charge in [-0.3, -0.25) is 4.90 Å². The molecule has 1 fully saturated rings. The Balaban J connectivity index is 1.49. The summed E-state index contributed by atoms with van der Waals surface area (Å²) in [5.41, 5.74) is 1.38. The Morgan fingerprint density at radius 1 is 1.14 bits per heavy atom. The van der Waals surface area contributed by atoms with Gasteiger partial charge in [-0.2, -0.15) is 0 Å². The molecule has 1 aromatic carbocycles. The molecule has 0 amide bonds. The van der Waals surface area contributed by atoms with Gasteiger partial charge in [-0.1, -0.05) is 30.3 Å². The van der Waals surface area contributed by atoms with Gasteiger partial charge in [0.05, 0.1) is 0 Å². The van der Waals surface area contributed by atoms with Gasteiger partial charge < -0.3 is 5.32 Å². The van der Waals surface area contributed by atoms with E-state index in [0.29, 0.717) is 11.3 Å². The van der Waals surface area contributed by atoms with Gasteiger partial charge in [0.2, 0.25) is 5.28 Å². The number of nitrogens with one attached hydrogen (secondary N) is 1. The van der Waals surface area contributed by atoms with Crippen molar-refractivity contribution in [3.05, 3.63) is 53.4 Å². The van der Waals surface area contributed by atoms with E-state index in [1.54, 1.807) is 6.20 Å². The van der Waals surface area contributed by atoms with E-state index in [1.165, 1.54) is 5.56 Å². The molecule has 0 bridgehead atoms. The fourth-order valence-electron chi connectivity index (χ4n) is 2.70. The van der Waals surface area contributed by atoms with Crippen molar-refractivity contribution in [2.75, 3.05) is 18.4 Å². The van der Waals surface area contributed by atoms with Crippen LogP contribution in [0.15, 0.2) is 42.6 Å². The summed E-state index contributed by atoms with van der Waals surface area (Å²) in [6, 6.07) is 13.0. The summed E-state index contributed by atoms with van der Waals surface area (Å²) in [4.78, 5) is 10.6. The molecule has 0 radical (unpaired) electrons. The molecule has 0 aliphatic carbocycles. The maximum atomic E-state index is 5.81. The average molecular weight is 303 g/mol. The van der Waals surface area contributed by atoms with E-state index in [9.17, 15) is 0 Å². The molecule has 3 rings (SSSR count). The molecular formula is C16H19ClN4. The van der Waals surface area contributed by atoms with Crippen LogP contribution in [0.1, 0.15) is 18.4 Å². The molecule has 110 valence electrons. The Kier molecular flexibility index (Phi) is 4.68. The Morgan fingerprint density at radius 3 is 2.62 bits per heavy atom. The standard InChI is InChI=1S/C16H19ClN4/c17-16-18-9-6-15(20-16)19-14-7-10-21(11-8-14)12-13-4-2-1-3-5-13/h1-6,9,14H,7-8,10-12H2,(H,18,19,20). The van der Waals surface area contributed by atoms with Gasteiger partial charge in [0.15, 0.2) is 0 Å². The normalized spacial score (nSPS) is 16.8. The van der Waals surface area contributed by atoms with Crippen LogP contribution in [-0.2, 0) is 6.54 Å². The molecule has 1 aromatic heterocycles. The van der Waals surface area contributed by atoms with Gasteiger partial charge in [0.25, 0.3) is 0 Å². The average Bonchev–Trinajstić information content (AvgIpc) is 2.50. The number of hydrogen-bond donors (Lipinski definition) is 1. The lowest BCUT2D eigenvalue weighted by Gasteiger charge is -2.32. The number of anilines is 1. The third kappa shape index (κ3) is 4.16. The predicted molar refractivity (Wildman–Crippen MR) is 85.4 cm³/mol. The van der Waals surface area contributed by atoms with Crippen LogP contribution in [0.25, 0.3) is 0 Å². The summed E-state index contributed by atoms with van der Waals surface area (Å²) in [5, 5.41) is 3.74. The van der Waals surface area contributed by atoms with E-state index in [4.69, 9.17) is 11.6 Å². The minimum Gasteiger partial charge on any atom is -0.367 e. The summed E-state index contributed by atoms with van der Waals surface area (Å²) < 4.78 is 0. The van der Waals surface area contributed by atoms with Gasteiger partial charge in [-0.15, -0.1) is 0 Å². The summed E-state index contributed by atoms with van der Waals surface area (Å²) in [7, 11) is 0. The quantitative estimate of drug-likeness (QED) is 0.881. The maximum Gasteiger partial charge on any atom is 0.224 e. The van der Waals surface area contributed by atoms with E-state index in [-0.39, 0.29) is 0 Å². The van der Waals surface area contributed by atoms with Crippen molar-refractivity contribution in [2.24, 2.45) is 0 Å². The van der Waals surface area contributed by atoms with Gasteiger partial charge >= 0.3 is 0 Å². The maximum absolute atomic E-state index is 5.81. The third-order valence-corrected chi connectivity index (χ3v) is 4.00. The molecule has 0 unspecified atom stereocenters. The molecule has 5 heteroatoms. The fourth-order valence-corrected chi connectivity index (χ4v) is 2.85. The van der Waals surface area contributed by atoms with Crippen LogP contribution in [0.2, 0.25) is 5.28 Å². The van der Waals surface area contributed by atoms with E-state index >= 15 is 0 Å². The van der Waals surface area contributed by atoms with Crippen LogP contribution in [0.3, 0.4) is 0 Å². The molecule has 2 aromatic rings. The first-order valence-electron chi connectivity index (χ1n) is 7.31. The van der Waals surface area contributed by atoms with Crippen LogP contribution in [0.5, 0.6) is 0 Å². The number of benzene rings is 1.